The maximum Gasteiger partial charge on any atom is 0.216 e. The fourth-order valence-electron chi connectivity index (χ4n) is 1.81. The molecule has 4 nitrogen and oxygen atoms in total. The number of aromatic hydroxyl groups is 1. The van der Waals surface area contributed by atoms with Crippen LogP contribution in [0.1, 0.15) is 10.4 Å². The van der Waals surface area contributed by atoms with Gasteiger partial charge in [0.05, 0.1) is 13.2 Å². The SMILES string of the molecule is O=C(C[NH+]1CCOCC1)c1ccc(O)cc1. The molecule has 0 radical (unpaired) electrons. The summed E-state index contributed by atoms with van der Waals surface area (Å²) in [6.07, 6.45) is 0. The molecule has 0 amide bonds. The molecule has 0 aliphatic carbocycles. The van der Waals surface area contributed by atoms with Gasteiger partial charge in [-0.05, 0) is 24.3 Å². The fraction of sp³-hybridized carbons (Fsp3) is 0.417. The van der Waals surface area contributed by atoms with Gasteiger partial charge in [-0.15, -0.1) is 0 Å². The molecule has 86 valence electrons. The Labute approximate surface area is 94.4 Å². The van der Waals surface area contributed by atoms with Crippen LogP contribution >= 0.6 is 0 Å². The number of morpholine rings is 1. The lowest BCUT2D eigenvalue weighted by molar-refractivity contribution is -0.899. The first-order valence-electron chi connectivity index (χ1n) is 5.49. The van der Waals surface area contributed by atoms with E-state index in [0.29, 0.717) is 12.1 Å². The van der Waals surface area contributed by atoms with Crippen LogP contribution in [0.4, 0.5) is 0 Å². The van der Waals surface area contributed by atoms with Crippen LogP contribution in [0, 0.1) is 0 Å². The second-order valence-electron chi connectivity index (χ2n) is 4.01. The summed E-state index contributed by atoms with van der Waals surface area (Å²) < 4.78 is 5.24. The Morgan fingerprint density at radius 2 is 1.88 bits per heavy atom. The Hall–Kier alpha value is -1.39. The van der Waals surface area contributed by atoms with Crippen molar-refractivity contribution in [2.24, 2.45) is 0 Å². The minimum Gasteiger partial charge on any atom is -0.508 e. The minimum absolute atomic E-state index is 0.122. The first-order valence-corrected chi connectivity index (χ1v) is 5.49. The largest absolute Gasteiger partial charge is 0.508 e. The predicted molar refractivity (Wildman–Crippen MR) is 58.8 cm³/mol. The van der Waals surface area contributed by atoms with Crippen molar-refractivity contribution in [2.45, 2.75) is 0 Å². The smallest absolute Gasteiger partial charge is 0.216 e. The van der Waals surface area contributed by atoms with Crippen LogP contribution in [-0.2, 0) is 4.74 Å². The first-order chi connectivity index (χ1) is 7.75. The maximum absolute atomic E-state index is 11.9. The highest BCUT2D eigenvalue weighted by Gasteiger charge is 2.18. The van der Waals surface area contributed by atoms with Crippen molar-refractivity contribution >= 4 is 5.78 Å². The zero-order valence-corrected chi connectivity index (χ0v) is 9.11. The number of ketones is 1. The summed E-state index contributed by atoms with van der Waals surface area (Å²) in [5, 5.41) is 9.13. The first kappa shape index (κ1) is 11.1. The van der Waals surface area contributed by atoms with Gasteiger partial charge in [-0.2, -0.15) is 0 Å². The zero-order valence-electron chi connectivity index (χ0n) is 9.11. The average Bonchev–Trinajstić information content (AvgIpc) is 2.31. The third kappa shape index (κ3) is 2.81. The van der Waals surface area contributed by atoms with E-state index in [1.807, 2.05) is 0 Å². The highest BCUT2D eigenvalue weighted by atomic mass is 16.5. The summed E-state index contributed by atoms with van der Waals surface area (Å²) in [6.45, 7) is 3.76. The van der Waals surface area contributed by atoms with E-state index < -0.39 is 0 Å². The number of phenolic OH excluding ortho intramolecular Hbond substituents is 1. The average molecular weight is 222 g/mol. The molecule has 1 aromatic carbocycles. The molecular weight excluding hydrogens is 206 g/mol. The molecule has 1 saturated heterocycles. The van der Waals surface area contributed by atoms with Crippen LogP contribution in [0.15, 0.2) is 24.3 Å². The van der Waals surface area contributed by atoms with Crippen molar-refractivity contribution in [1.29, 1.82) is 0 Å². The number of benzene rings is 1. The van der Waals surface area contributed by atoms with Crippen molar-refractivity contribution < 1.29 is 19.5 Å². The third-order valence-corrected chi connectivity index (χ3v) is 2.80. The van der Waals surface area contributed by atoms with Gasteiger partial charge in [0.2, 0.25) is 5.78 Å². The van der Waals surface area contributed by atoms with Gasteiger partial charge >= 0.3 is 0 Å². The molecular formula is C12H16NO3+. The van der Waals surface area contributed by atoms with Crippen molar-refractivity contribution in [3.05, 3.63) is 29.8 Å². The van der Waals surface area contributed by atoms with Crippen LogP contribution in [0.2, 0.25) is 0 Å². The van der Waals surface area contributed by atoms with Crippen LogP contribution in [0.3, 0.4) is 0 Å². The monoisotopic (exact) mass is 222 g/mol. The normalized spacial score (nSPS) is 17.2. The Bertz CT molecular complexity index is 355. The predicted octanol–water partition coefficient (Wildman–Crippen LogP) is -0.510. The lowest BCUT2D eigenvalue weighted by Crippen LogP contribution is -3.14. The summed E-state index contributed by atoms with van der Waals surface area (Å²) in [6, 6.07) is 6.42. The number of rotatable bonds is 3. The molecule has 0 unspecified atom stereocenters. The van der Waals surface area contributed by atoms with Gasteiger partial charge in [0.1, 0.15) is 25.4 Å². The minimum atomic E-state index is 0.122. The Balaban J connectivity index is 1.94. The molecule has 0 bridgehead atoms. The van der Waals surface area contributed by atoms with Crippen molar-refractivity contribution in [3.8, 4) is 5.75 Å². The van der Waals surface area contributed by atoms with E-state index in [4.69, 9.17) is 9.84 Å². The molecule has 1 fully saturated rings. The van der Waals surface area contributed by atoms with Gasteiger partial charge in [0, 0.05) is 5.56 Å². The molecule has 0 aromatic heterocycles. The van der Waals surface area contributed by atoms with E-state index in [0.717, 1.165) is 26.3 Å². The summed E-state index contributed by atoms with van der Waals surface area (Å²) in [7, 11) is 0. The number of carbonyl (C=O) groups excluding carboxylic acids is 1. The molecule has 4 heteroatoms. The van der Waals surface area contributed by atoms with Gasteiger partial charge in [0.25, 0.3) is 0 Å². The molecule has 16 heavy (non-hydrogen) atoms. The standard InChI is InChI=1S/C12H15NO3/c14-11-3-1-10(2-4-11)12(15)9-13-5-7-16-8-6-13/h1-4,14H,5-9H2/p+1. The van der Waals surface area contributed by atoms with Crippen LogP contribution in [-0.4, -0.2) is 43.7 Å². The lowest BCUT2D eigenvalue weighted by atomic mass is 10.1. The molecule has 0 spiro atoms. The molecule has 0 saturated carbocycles. The topological polar surface area (TPSA) is 51.0 Å². The van der Waals surface area contributed by atoms with Gasteiger partial charge < -0.3 is 14.7 Å². The number of nitrogens with one attached hydrogen (secondary N) is 1. The molecule has 2 rings (SSSR count). The number of hydrogen-bond donors (Lipinski definition) is 2. The highest BCUT2D eigenvalue weighted by molar-refractivity contribution is 5.96. The molecule has 1 aliphatic heterocycles. The van der Waals surface area contributed by atoms with Gasteiger partial charge in [-0.3, -0.25) is 4.79 Å². The molecule has 1 aliphatic rings. The van der Waals surface area contributed by atoms with Gasteiger partial charge in [0.15, 0.2) is 0 Å². The van der Waals surface area contributed by atoms with Gasteiger partial charge in [-0.25, -0.2) is 0 Å². The zero-order chi connectivity index (χ0) is 11.4. The van der Waals surface area contributed by atoms with E-state index in [9.17, 15) is 4.79 Å². The van der Waals surface area contributed by atoms with Crippen molar-refractivity contribution in [1.82, 2.24) is 0 Å². The Morgan fingerprint density at radius 3 is 2.50 bits per heavy atom. The fourth-order valence-corrected chi connectivity index (χ4v) is 1.81. The number of carbonyl (C=O) groups is 1. The quantitative estimate of drug-likeness (QED) is 0.677. The number of hydrogen-bond acceptors (Lipinski definition) is 3. The van der Waals surface area contributed by atoms with Gasteiger partial charge in [-0.1, -0.05) is 0 Å². The summed E-state index contributed by atoms with van der Waals surface area (Å²) >= 11 is 0. The summed E-state index contributed by atoms with van der Waals surface area (Å²) in [5.41, 5.74) is 0.664. The van der Waals surface area contributed by atoms with Crippen LogP contribution in [0.25, 0.3) is 0 Å². The number of quaternary nitrogens is 1. The summed E-state index contributed by atoms with van der Waals surface area (Å²) in [5.74, 6) is 0.312. The van der Waals surface area contributed by atoms with Crippen molar-refractivity contribution in [2.75, 3.05) is 32.8 Å². The Morgan fingerprint density at radius 1 is 1.25 bits per heavy atom. The third-order valence-electron chi connectivity index (χ3n) is 2.80. The maximum atomic E-state index is 11.9. The van der Waals surface area contributed by atoms with Crippen molar-refractivity contribution in [3.63, 3.8) is 0 Å². The van der Waals surface area contributed by atoms with E-state index in [1.165, 1.54) is 4.90 Å². The van der Waals surface area contributed by atoms with E-state index in [1.54, 1.807) is 24.3 Å². The Kier molecular flexibility index (Phi) is 3.54. The number of Topliss-reactive ketones (excluding diaryl/α,β-unsaturated/α-hetero) is 1. The number of ether oxygens (including phenoxy) is 1. The van der Waals surface area contributed by atoms with E-state index in [-0.39, 0.29) is 11.5 Å². The second-order valence-corrected chi connectivity index (χ2v) is 4.01. The molecule has 1 aromatic rings. The molecule has 0 atom stereocenters. The summed E-state index contributed by atoms with van der Waals surface area (Å²) in [4.78, 5) is 13.1. The molecule has 1 heterocycles. The molecule has 2 N–H and O–H groups in total. The van der Waals surface area contributed by atoms with E-state index in [2.05, 4.69) is 0 Å². The van der Waals surface area contributed by atoms with E-state index >= 15 is 0 Å². The highest BCUT2D eigenvalue weighted by Crippen LogP contribution is 2.09. The lowest BCUT2D eigenvalue weighted by Gasteiger charge is -2.22. The number of phenols is 1. The second kappa shape index (κ2) is 5.09. The van der Waals surface area contributed by atoms with Crippen LogP contribution in [0.5, 0.6) is 5.75 Å². The van der Waals surface area contributed by atoms with Crippen LogP contribution < -0.4 is 4.90 Å².